The number of alkyl halides is 3. The number of aromatic nitrogens is 2. The maximum Gasteiger partial charge on any atom is 0.417 e. The minimum absolute atomic E-state index is 0.0186. The first kappa shape index (κ1) is 22.3. The first-order valence-corrected chi connectivity index (χ1v) is 9.12. The molecular weight excluding hydrogens is 460 g/mol. The van der Waals surface area contributed by atoms with Gasteiger partial charge in [-0.15, -0.1) is 0 Å². The van der Waals surface area contributed by atoms with E-state index in [-0.39, 0.29) is 33.1 Å². The van der Waals surface area contributed by atoms with Gasteiger partial charge >= 0.3 is 12.2 Å². The fourth-order valence-electron chi connectivity index (χ4n) is 2.27. The third-order valence-corrected chi connectivity index (χ3v) is 4.30. The SMILES string of the molecule is O=C(NC(=O)c1cccnc1Cl)Nc1ccc(Oc2ccc(C(F)(F)F)cn2)c(Cl)c1. The number of hydrogen-bond acceptors (Lipinski definition) is 5. The van der Waals surface area contributed by atoms with Gasteiger partial charge in [0.15, 0.2) is 0 Å². The fraction of sp³-hybridized carbons (Fsp3) is 0.0526. The molecule has 2 aromatic heterocycles. The molecule has 3 amide bonds. The van der Waals surface area contributed by atoms with Crippen molar-refractivity contribution in [1.29, 1.82) is 0 Å². The zero-order valence-electron chi connectivity index (χ0n) is 15.2. The number of imide groups is 1. The van der Waals surface area contributed by atoms with E-state index in [2.05, 4.69) is 20.6 Å². The lowest BCUT2D eigenvalue weighted by Gasteiger charge is -2.11. The number of benzene rings is 1. The molecule has 0 aliphatic carbocycles. The van der Waals surface area contributed by atoms with Crippen molar-refractivity contribution in [1.82, 2.24) is 15.3 Å². The minimum Gasteiger partial charge on any atom is -0.437 e. The average molecular weight is 471 g/mol. The van der Waals surface area contributed by atoms with Crippen LogP contribution in [0.3, 0.4) is 0 Å². The first-order valence-electron chi connectivity index (χ1n) is 8.37. The highest BCUT2D eigenvalue weighted by Gasteiger charge is 2.30. The van der Waals surface area contributed by atoms with Crippen molar-refractivity contribution in [3.05, 3.63) is 76.2 Å². The molecule has 0 aliphatic heterocycles. The van der Waals surface area contributed by atoms with Crippen LogP contribution in [0.1, 0.15) is 15.9 Å². The second-order valence-corrected chi connectivity index (χ2v) is 6.65. The lowest BCUT2D eigenvalue weighted by atomic mass is 10.2. The van der Waals surface area contributed by atoms with Gasteiger partial charge in [0, 0.05) is 24.1 Å². The Bertz CT molecular complexity index is 1130. The summed E-state index contributed by atoms with van der Waals surface area (Å²) in [4.78, 5) is 31.4. The summed E-state index contributed by atoms with van der Waals surface area (Å²) in [6, 6.07) is 8.01. The number of anilines is 1. The van der Waals surface area contributed by atoms with E-state index >= 15 is 0 Å². The van der Waals surface area contributed by atoms with E-state index in [1.54, 1.807) is 0 Å². The second kappa shape index (κ2) is 9.19. The number of carbonyl (C=O) groups excluding carboxylic acids is 2. The molecule has 0 unspecified atom stereocenters. The van der Waals surface area contributed by atoms with Crippen LogP contribution in [0.25, 0.3) is 0 Å². The topological polar surface area (TPSA) is 93.2 Å². The summed E-state index contributed by atoms with van der Waals surface area (Å²) in [5, 5.41) is 4.47. The molecule has 3 aromatic rings. The van der Waals surface area contributed by atoms with E-state index in [0.29, 0.717) is 6.20 Å². The highest BCUT2D eigenvalue weighted by atomic mass is 35.5. The highest BCUT2D eigenvalue weighted by molar-refractivity contribution is 6.33. The Labute approximate surface area is 183 Å². The maximum absolute atomic E-state index is 12.6. The molecule has 0 fully saturated rings. The Morgan fingerprint density at radius 3 is 2.42 bits per heavy atom. The summed E-state index contributed by atoms with van der Waals surface area (Å²) >= 11 is 11.9. The van der Waals surface area contributed by atoms with Gasteiger partial charge < -0.3 is 10.1 Å². The van der Waals surface area contributed by atoms with Crippen LogP contribution in [0, 0.1) is 0 Å². The molecule has 1 aromatic carbocycles. The molecule has 7 nitrogen and oxygen atoms in total. The lowest BCUT2D eigenvalue weighted by molar-refractivity contribution is -0.137. The smallest absolute Gasteiger partial charge is 0.417 e. The van der Waals surface area contributed by atoms with Crippen LogP contribution in [0.15, 0.2) is 54.9 Å². The van der Waals surface area contributed by atoms with Gasteiger partial charge in [-0.05, 0) is 36.4 Å². The van der Waals surface area contributed by atoms with Gasteiger partial charge in [-0.25, -0.2) is 14.8 Å². The molecule has 0 aliphatic rings. The molecule has 2 heterocycles. The lowest BCUT2D eigenvalue weighted by Crippen LogP contribution is -2.34. The van der Waals surface area contributed by atoms with Crippen molar-refractivity contribution in [2.24, 2.45) is 0 Å². The first-order chi connectivity index (χ1) is 14.6. The number of halogens is 5. The number of pyridine rings is 2. The van der Waals surface area contributed by atoms with Gasteiger partial charge in [0.2, 0.25) is 5.88 Å². The van der Waals surface area contributed by atoms with E-state index in [1.807, 2.05) is 0 Å². The van der Waals surface area contributed by atoms with Gasteiger partial charge in [0.1, 0.15) is 10.9 Å². The predicted octanol–water partition coefficient (Wildman–Crippen LogP) is 5.56. The number of hydrogen-bond donors (Lipinski definition) is 2. The number of rotatable bonds is 4. The number of ether oxygens (including phenoxy) is 1. The van der Waals surface area contributed by atoms with E-state index in [1.165, 1.54) is 36.5 Å². The Kier molecular flexibility index (Phi) is 6.62. The van der Waals surface area contributed by atoms with Crippen LogP contribution >= 0.6 is 23.2 Å². The molecule has 0 atom stereocenters. The molecule has 0 radical (unpaired) electrons. The molecule has 0 saturated carbocycles. The van der Waals surface area contributed by atoms with Crippen LogP contribution in [0.5, 0.6) is 11.6 Å². The van der Waals surface area contributed by atoms with E-state index in [9.17, 15) is 22.8 Å². The summed E-state index contributed by atoms with van der Waals surface area (Å²) in [7, 11) is 0. The second-order valence-electron chi connectivity index (χ2n) is 5.88. The standard InChI is InChI=1S/C19H11Cl2F3N4O3/c20-13-8-11(27-18(30)28-17(29)12-2-1-7-25-16(12)21)4-5-14(13)31-15-6-3-10(9-26-15)19(22,23)24/h1-9H,(H2,27,28,29,30). The molecule has 160 valence electrons. The van der Waals surface area contributed by atoms with Crippen molar-refractivity contribution >= 4 is 40.8 Å². The molecule has 3 rings (SSSR count). The van der Waals surface area contributed by atoms with Crippen LogP contribution in [-0.2, 0) is 6.18 Å². The van der Waals surface area contributed by atoms with Crippen molar-refractivity contribution in [2.45, 2.75) is 6.18 Å². The Hall–Kier alpha value is -3.37. The van der Waals surface area contributed by atoms with Crippen molar-refractivity contribution in [3.8, 4) is 11.6 Å². The monoisotopic (exact) mass is 470 g/mol. The molecule has 0 bridgehead atoms. The number of nitrogens with zero attached hydrogens (tertiary/aromatic N) is 2. The summed E-state index contributed by atoms with van der Waals surface area (Å²) in [5.74, 6) is -0.763. The zero-order chi connectivity index (χ0) is 22.6. The summed E-state index contributed by atoms with van der Waals surface area (Å²) in [5.41, 5.74) is -0.677. The highest BCUT2D eigenvalue weighted by Crippen LogP contribution is 2.33. The van der Waals surface area contributed by atoms with Gasteiger partial charge in [-0.2, -0.15) is 13.2 Å². The van der Waals surface area contributed by atoms with E-state index < -0.39 is 23.7 Å². The Balaban J connectivity index is 1.63. The van der Waals surface area contributed by atoms with Gasteiger partial charge in [0.05, 0.1) is 16.1 Å². The molecular formula is C19H11Cl2F3N4O3. The number of amides is 3. The summed E-state index contributed by atoms with van der Waals surface area (Å²) < 4.78 is 43.1. The molecule has 2 N–H and O–H groups in total. The summed E-state index contributed by atoms with van der Waals surface area (Å²) in [6.45, 7) is 0. The normalized spacial score (nSPS) is 11.0. The largest absolute Gasteiger partial charge is 0.437 e. The Morgan fingerprint density at radius 1 is 1.03 bits per heavy atom. The fourth-order valence-corrected chi connectivity index (χ4v) is 2.69. The molecule has 31 heavy (non-hydrogen) atoms. The molecule has 12 heteroatoms. The van der Waals surface area contributed by atoms with Crippen LogP contribution in [0.4, 0.5) is 23.7 Å². The van der Waals surface area contributed by atoms with Crippen molar-refractivity contribution in [3.63, 3.8) is 0 Å². The number of urea groups is 1. The molecule has 0 spiro atoms. The van der Waals surface area contributed by atoms with Gasteiger partial charge in [-0.3, -0.25) is 10.1 Å². The molecule has 0 saturated heterocycles. The van der Waals surface area contributed by atoms with Crippen molar-refractivity contribution < 1.29 is 27.5 Å². The van der Waals surface area contributed by atoms with Gasteiger partial charge in [-0.1, -0.05) is 23.2 Å². The summed E-state index contributed by atoms with van der Waals surface area (Å²) in [6.07, 6.45) is -2.49. The van der Waals surface area contributed by atoms with Gasteiger partial charge in [0.25, 0.3) is 5.91 Å². The third kappa shape index (κ3) is 5.83. The van der Waals surface area contributed by atoms with E-state index in [4.69, 9.17) is 27.9 Å². The Morgan fingerprint density at radius 2 is 1.81 bits per heavy atom. The number of nitrogens with one attached hydrogen (secondary N) is 2. The zero-order valence-corrected chi connectivity index (χ0v) is 16.7. The average Bonchev–Trinajstić information content (AvgIpc) is 2.70. The maximum atomic E-state index is 12.6. The minimum atomic E-state index is -4.51. The quantitative estimate of drug-likeness (QED) is 0.487. The van der Waals surface area contributed by atoms with Crippen molar-refractivity contribution in [2.75, 3.05) is 5.32 Å². The van der Waals surface area contributed by atoms with Crippen LogP contribution in [0.2, 0.25) is 10.2 Å². The van der Waals surface area contributed by atoms with Crippen LogP contribution < -0.4 is 15.4 Å². The predicted molar refractivity (Wildman–Crippen MR) is 106 cm³/mol. The van der Waals surface area contributed by atoms with E-state index in [0.717, 1.165) is 12.1 Å². The third-order valence-electron chi connectivity index (χ3n) is 3.70. The van der Waals surface area contributed by atoms with Crippen LogP contribution in [-0.4, -0.2) is 21.9 Å². The number of carbonyl (C=O) groups is 2.